The third-order valence-corrected chi connectivity index (χ3v) is 4.22. The molecule has 2 rings (SSSR count). The third-order valence-electron chi connectivity index (χ3n) is 4.22. The van der Waals surface area contributed by atoms with Gasteiger partial charge in [-0.15, -0.1) is 0 Å². The number of anilines is 1. The summed E-state index contributed by atoms with van der Waals surface area (Å²) in [5.41, 5.74) is 9.18. The number of hydrogen-bond acceptors (Lipinski definition) is 2. The van der Waals surface area contributed by atoms with E-state index in [1.165, 1.54) is 37.2 Å². The van der Waals surface area contributed by atoms with Gasteiger partial charge in [-0.2, -0.15) is 0 Å². The van der Waals surface area contributed by atoms with Crippen molar-refractivity contribution in [3.8, 4) is 0 Å². The van der Waals surface area contributed by atoms with Gasteiger partial charge in [0.15, 0.2) is 0 Å². The van der Waals surface area contributed by atoms with Gasteiger partial charge in [0.25, 0.3) is 0 Å². The Hall–Kier alpha value is -1.02. The lowest BCUT2D eigenvalue weighted by molar-refractivity contribution is 0.293. The largest absolute Gasteiger partial charge is 0.371 e. The molecular weight excluding hydrogens is 232 g/mol. The first kappa shape index (κ1) is 14.4. The molecule has 0 aromatic heterocycles. The zero-order chi connectivity index (χ0) is 13.9. The van der Waals surface area contributed by atoms with E-state index in [2.05, 4.69) is 49.9 Å². The van der Waals surface area contributed by atoms with Crippen molar-refractivity contribution in [3.05, 3.63) is 29.8 Å². The molecule has 1 heterocycles. The first-order valence-corrected chi connectivity index (χ1v) is 7.60. The van der Waals surface area contributed by atoms with Gasteiger partial charge in [0.05, 0.1) is 0 Å². The highest BCUT2D eigenvalue weighted by Gasteiger charge is 2.26. The SMILES string of the molecule is CCC(N)Cc1ccc(N2CCCC(C)(C)C2)cc1. The van der Waals surface area contributed by atoms with Crippen LogP contribution in [0.3, 0.4) is 0 Å². The molecule has 19 heavy (non-hydrogen) atoms. The molecule has 1 aromatic rings. The highest BCUT2D eigenvalue weighted by molar-refractivity contribution is 5.48. The molecule has 2 heteroatoms. The summed E-state index contributed by atoms with van der Waals surface area (Å²) in [6.45, 7) is 9.24. The monoisotopic (exact) mass is 260 g/mol. The van der Waals surface area contributed by atoms with Gasteiger partial charge in [0, 0.05) is 24.8 Å². The minimum Gasteiger partial charge on any atom is -0.371 e. The number of benzene rings is 1. The van der Waals surface area contributed by atoms with Crippen molar-refractivity contribution in [1.82, 2.24) is 0 Å². The molecule has 1 unspecified atom stereocenters. The Morgan fingerprint density at radius 3 is 2.53 bits per heavy atom. The Balaban J connectivity index is 2.02. The van der Waals surface area contributed by atoms with Crippen LogP contribution in [0.2, 0.25) is 0 Å². The molecule has 0 bridgehead atoms. The van der Waals surface area contributed by atoms with Gasteiger partial charge < -0.3 is 10.6 Å². The van der Waals surface area contributed by atoms with E-state index in [1.807, 2.05) is 0 Å². The van der Waals surface area contributed by atoms with Crippen molar-refractivity contribution in [2.45, 2.75) is 52.5 Å². The van der Waals surface area contributed by atoms with Crippen molar-refractivity contribution in [1.29, 1.82) is 0 Å². The van der Waals surface area contributed by atoms with Gasteiger partial charge in [0.1, 0.15) is 0 Å². The van der Waals surface area contributed by atoms with Crippen LogP contribution in [-0.4, -0.2) is 19.1 Å². The molecule has 2 N–H and O–H groups in total. The average Bonchev–Trinajstić information content (AvgIpc) is 2.38. The summed E-state index contributed by atoms with van der Waals surface area (Å²) in [7, 11) is 0. The van der Waals surface area contributed by atoms with E-state index in [0.29, 0.717) is 11.5 Å². The number of hydrogen-bond donors (Lipinski definition) is 1. The van der Waals surface area contributed by atoms with Gasteiger partial charge in [-0.25, -0.2) is 0 Å². The fourth-order valence-electron chi connectivity index (χ4n) is 2.93. The Bertz CT molecular complexity index is 394. The second-order valence-corrected chi connectivity index (χ2v) is 6.73. The second kappa shape index (κ2) is 5.96. The smallest absolute Gasteiger partial charge is 0.0366 e. The van der Waals surface area contributed by atoms with Crippen molar-refractivity contribution >= 4 is 5.69 Å². The van der Waals surface area contributed by atoms with Gasteiger partial charge >= 0.3 is 0 Å². The van der Waals surface area contributed by atoms with Gasteiger partial charge in [-0.05, 0) is 48.8 Å². The van der Waals surface area contributed by atoms with E-state index in [0.717, 1.165) is 12.8 Å². The zero-order valence-electron chi connectivity index (χ0n) is 12.7. The van der Waals surface area contributed by atoms with Gasteiger partial charge in [0.2, 0.25) is 0 Å². The molecule has 0 saturated carbocycles. The topological polar surface area (TPSA) is 29.3 Å². The normalized spacial score (nSPS) is 20.3. The number of rotatable bonds is 4. The number of nitrogens with two attached hydrogens (primary N) is 1. The summed E-state index contributed by atoms with van der Waals surface area (Å²) >= 11 is 0. The number of piperidine rings is 1. The Kier molecular flexibility index (Phi) is 4.51. The lowest BCUT2D eigenvalue weighted by Gasteiger charge is -2.39. The molecule has 106 valence electrons. The van der Waals surface area contributed by atoms with E-state index in [9.17, 15) is 0 Å². The molecule has 1 saturated heterocycles. The highest BCUT2D eigenvalue weighted by atomic mass is 15.1. The van der Waals surface area contributed by atoms with Crippen LogP contribution < -0.4 is 10.6 Å². The van der Waals surface area contributed by atoms with Crippen LogP contribution in [-0.2, 0) is 6.42 Å². The summed E-state index contributed by atoms with van der Waals surface area (Å²) < 4.78 is 0. The maximum Gasteiger partial charge on any atom is 0.0366 e. The van der Waals surface area contributed by atoms with E-state index in [4.69, 9.17) is 5.73 Å². The standard InChI is InChI=1S/C17H28N2/c1-4-15(18)12-14-6-8-16(9-7-14)19-11-5-10-17(2,3)13-19/h6-9,15H,4-5,10-13,18H2,1-3H3. The summed E-state index contributed by atoms with van der Waals surface area (Å²) in [4.78, 5) is 2.52. The highest BCUT2D eigenvalue weighted by Crippen LogP contribution is 2.31. The predicted molar refractivity (Wildman–Crippen MR) is 83.6 cm³/mol. The minimum atomic E-state index is 0.291. The zero-order valence-corrected chi connectivity index (χ0v) is 12.7. The second-order valence-electron chi connectivity index (χ2n) is 6.73. The third kappa shape index (κ3) is 3.97. The Morgan fingerprint density at radius 1 is 1.26 bits per heavy atom. The minimum absolute atomic E-state index is 0.291. The molecule has 0 amide bonds. The quantitative estimate of drug-likeness (QED) is 0.896. The molecule has 0 radical (unpaired) electrons. The van der Waals surface area contributed by atoms with E-state index in [-0.39, 0.29) is 0 Å². The van der Waals surface area contributed by atoms with Crippen LogP contribution in [0.1, 0.15) is 45.6 Å². The van der Waals surface area contributed by atoms with Crippen LogP contribution in [0.4, 0.5) is 5.69 Å². The lowest BCUT2D eigenvalue weighted by atomic mass is 9.84. The molecular formula is C17H28N2. The van der Waals surface area contributed by atoms with E-state index < -0.39 is 0 Å². The lowest BCUT2D eigenvalue weighted by Crippen LogP contribution is -2.40. The molecule has 1 fully saturated rings. The Labute approximate surface area is 118 Å². The van der Waals surface area contributed by atoms with Crippen LogP contribution >= 0.6 is 0 Å². The molecule has 1 aromatic carbocycles. The van der Waals surface area contributed by atoms with E-state index in [1.54, 1.807) is 0 Å². The summed E-state index contributed by atoms with van der Waals surface area (Å²) in [6.07, 6.45) is 4.67. The van der Waals surface area contributed by atoms with Gasteiger partial charge in [-0.1, -0.05) is 32.9 Å². The molecule has 1 aliphatic rings. The molecule has 2 nitrogen and oxygen atoms in total. The summed E-state index contributed by atoms with van der Waals surface area (Å²) in [6, 6.07) is 9.30. The van der Waals surface area contributed by atoms with Crippen LogP contribution in [0, 0.1) is 5.41 Å². The summed E-state index contributed by atoms with van der Waals surface area (Å²) in [5, 5.41) is 0. The van der Waals surface area contributed by atoms with Gasteiger partial charge in [-0.3, -0.25) is 0 Å². The van der Waals surface area contributed by atoms with Crippen molar-refractivity contribution in [2.75, 3.05) is 18.0 Å². The fraction of sp³-hybridized carbons (Fsp3) is 0.647. The molecule has 1 aliphatic heterocycles. The van der Waals surface area contributed by atoms with Crippen molar-refractivity contribution in [3.63, 3.8) is 0 Å². The first-order valence-electron chi connectivity index (χ1n) is 7.60. The predicted octanol–water partition coefficient (Wildman–Crippen LogP) is 3.59. The molecule has 0 aliphatic carbocycles. The number of nitrogens with zero attached hydrogens (tertiary/aromatic N) is 1. The average molecular weight is 260 g/mol. The summed E-state index contributed by atoms with van der Waals surface area (Å²) in [5.74, 6) is 0. The van der Waals surface area contributed by atoms with Crippen LogP contribution in [0.25, 0.3) is 0 Å². The molecule has 1 atom stereocenters. The maximum absolute atomic E-state index is 6.01. The van der Waals surface area contributed by atoms with Crippen molar-refractivity contribution in [2.24, 2.45) is 11.1 Å². The first-order chi connectivity index (χ1) is 9.00. The van der Waals surface area contributed by atoms with Crippen LogP contribution in [0.15, 0.2) is 24.3 Å². The van der Waals surface area contributed by atoms with Crippen LogP contribution in [0.5, 0.6) is 0 Å². The maximum atomic E-state index is 6.01. The van der Waals surface area contributed by atoms with Crippen molar-refractivity contribution < 1.29 is 0 Å². The molecule has 0 spiro atoms. The fourth-order valence-corrected chi connectivity index (χ4v) is 2.93. The van der Waals surface area contributed by atoms with E-state index >= 15 is 0 Å². The Morgan fingerprint density at radius 2 is 1.95 bits per heavy atom.